The van der Waals surface area contributed by atoms with Crippen LogP contribution in [0.15, 0.2) is 15.5 Å². The number of hydrogen-bond acceptors (Lipinski definition) is 4. The lowest BCUT2D eigenvalue weighted by Gasteiger charge is -2.11. The Bertz CT molecular complexity index is 484. The van der Waals surface area contributed by atoms with Crippen LogP contribution < -0.4 is 16.2 Å². The molecule has 1 aromatic rings. The molecule has 1 rings (SSSR count). The van der Waals surface area contributed by atoms with Crippen LogP contribution in [0.25, 0.3) is 0 Å². The van der Waals surface area contributed by atoms with Crippen molar-refractivity contribution in [3.05, 3.63) is 21.0 Å². The summed E-state index contributed by atoms with van der Waals surface area (Å²) in [7, 11) is 0. The highest BCUT2D eigenvalue weighted by atomic mass is 79.9. The van der Waals surface area contributed by atoms with Gasteiger partial charge in [0.2, 0.25) is 5.91 Å². The molecule has 0 fully saturated rings. The molecule has 0 unspecified atom stereocenters. The zero-order valence-electron chi connectivity index (χ0n) is 10.7. The molecule has 6 nitrogen and oxygen atoms in total. The molecule has 0 saturated heterocycles. The predicted molar refractivity (Wildman–Crippen MR) is 73.6 cm³/mol. The van der Waals surface area contributed by atoms with Crippen LogP contribution in [0, 0.1) is 0 Å². The summed E-state index contributed by atoms with van der Waals surface area (Å²) in [5.41, 5.74) is 0.301. The van der Waals surface area contributed by atoms with Crippen LogP contribution in [-0.2, 0) is 11.3 Å². The lowest BCUT2D eigenvalue weighted by Crippen LogP contribution is -2.35. The summed E-state index contributed by atoms with van der Waals surface area (Å²) < 4.78 is 1.72. The molecule has 1 amide bonds. The standard InChI is InChI=1S/C11H17BrN4O2/c1-4-16-11(18)10(12)8(5-14-16)13-6-9(17)15-7(2)3/h5,7,13H,4,6H2,1-3H3,(H,15,17). The first kappa shape index (κ1) is 14.7. The van der Waals surface area contributed by atoms with E-state index in [1.54, 1.807) is 0 Å². The van der Waals surface area contributed by atoms with E-state index in [0.717, 1.165) is 0 Å². The Morgan fingerprint density at radius 3 is 2.78 bits per heavy atom. The van der Waals surface area contributed by atoms with Crippen molar-refractivity contribution in [2.45, 2.75) is 33.4 Å². The van der Waals surface area contributed by atoms with Crippen LogP contribution in [0.5, 0.6) is 0 Å². The van der Waals surface area contributed by atoms with Gasteiger partial charge in [0.25, 0.3) is 5.56 Å². The average Bonchev–Trinajstić information content (AvgIpc) is 2.30. The fraction of sp³-hybridized carbons (Fsp3) is 0.545. The highest BCUT2D eigenvalue weighted by molar-refractivity contribution is 9.10. The van der Waals surface area contributed by atoms with Crippen molar-refractivity contribution in [1.82, 2.24) is 15.1 Å². The van der Waals surface area contributed by atoms with E-state index in [2.05, 4.69) is 31.7 Å². The second kappa shape index (κ2) is 6.53. The Kier molecular flexibility index (Phi) is 5.33. The fourth-order valence-electron chi connectivity index (χ4n) is 1.36. The quantitative estimate of drug-likeness (QED) is 0.848. The van der Waals surface area contributed by atoms with Gasteiger partial charge in [0, 0.05) is 12.6 Å². The van der Waals surface area contributed by atoms with Crippen molar-refractivity contribution < 1.29 is 4.79 Å². The van der Waals surface area contributed by atoms with E-state index in [0.29, 0.717) is 16.7 Å². The van der Waals surface area contributed by atoms with E-state index >= 15 is 0 Å². The van der Waals surface area contributed by atoms with E-state index in [9.17, 15) is 9.59 Å². The number of halogens is 1. The molecule has 0 aromatic carbocycles. The van der Waals surface area contributed by atoms with Gasteiger partial charge in [0.15, 0.2) is 0 Å². The Balaban J connectivity index is 2.72. The smallest absolute Gasteiger partial charge is 0.283 e. The van der Waals surface area contributed by atoms with Gasteiger partial charge in [-0.25, -0.2) is 4.68 Å². The summed E-state index contributed by atoms with van der Waals surface area (Å²) in [6, 6.07) is 0.0916. The SMILES string of the molecule is CCn1ncc(NCC(=O)NC(C)C)c(Br)c1=O. The van der Waals surface area contributed by atoms with Crippen LogP contribution >= 0.6 is 15.9 Å². The van der Waals surface area contributed by atoms with Crippen LogP contribution in [0.3, 0.4) is 0 Å². The first-order valence-electron chi connectivity index (χ1n) is 5.74. The summed E-state index contributed by atoms with van der Waals surface area (Å²) in [5.74, 6) is -0.128. The molecular weight excluding hydrogens is 300 g/mol. The highest BCUT2D eigenvalue weighted by Gasteiger charge is 2.09. The Morgan fingerprint density at radius 2 is 2.22 bits per heavy atom. The maximum Gasteiger partial charge on any atom is 0.283 e. The maximum atomic E-state index is 11.8. The normalized spacial score (nSPS) is 10.5. The number of anilines is 1. The number of aromatic nitrogens is 2. The van der Waals surface area contributed by atoms with Gasteiger partial charge in [-0.05, 0) is 36.7 Å². The highest BCUT2D eigenvalue weighted by Crippen LogP contribution is 2.15. The molecule has 2 N–H and O–H groups in total. The topological polar surface area (TPSA) is 76.0 Å². The predicted octanol–water partition coefficient (Wildman–Crippen LogP) is 0.962. The van der Waals surface area contributed by atoms with Gasteiger partial charge < -0.3 is 10.6 Å². The largest absolute Gasteiger partial charge is 0.374 e. The number of carbonyl (C=O) groups excluding carboxylic acids is 1. The molecule has 1 heterocycles. The van der Waals surface area contributed by atoms with Gasteiger partial charge in [-0.2, -0.15) is 5.10 Å². The third-order valence-electron chi connectivity index (χ3n) is 2.17. The average molecular weight is 317 g/mol. The molecule has 1 aromatic heterocycles. The van der Waals surface area contributed by atoms with Crippen molar-refractivity contribution in [3.63, 3.8) is 0 Å². The molecule has 0 aliphatic carbocycles. The van der Waals surface area contributed by atoms with Gasteiger partial charge in [0.05, 0.1) is 18.4 Å². The number of hydrogen-bond donors (Lipinski definition) is 2. The van der Waals surface area contributed by atoms with E-state index in [1.807, 2.05) is 20.8 Å². The third kappa shape index (κ3) is 3.83. The van der Waals surface area contributed by atoms with Gasteiger partial charge >= 0.3 is 0 Å². The third-order valence-corrected chi connectivity index (χ3v) is 2.94. The van der Waals surface area contributed by atoms with Gasteiger partial charge in [-0.3, -0.25) is 9.59 Å². The molecule has 0 aliphatic heterocycles. The minimum Gasteiger partial charge on any atom is -0.374 e. The number of nitrogens with one attached hydrogen (secondary N) is 2. The van der Waals surface area contributed by atoms with Gasteiger partial charge in [0.1, 0.15) is 4.47 Å². The summed E-state index contributed by atoms with van der Waals surface area (Å²) in [4.78, 5) is 23.2. The second-order valence-electron chi connectivity index (χ2n) is 4.07. The lowest BCUT2D eigenvalue weighted by molar-refractivity contribution is -0.119. The molecule has 7 heteroatoms. The number of nitrogens with zero attached hydrogens (tertiary/aromatic N) is 2. The Morgan fingerprint density at radius 1 is 1.56 bits per heavy atom. The van der Waals surface area contributed by atoms with Crippen LogP contribution in [0.1, 0.15) is 20.8 Å². The first-order valence-corrected chi connectivity index (χ1v) is 6.53. The van der Waals surface area contributed by atoms with E-state index in [1.165, 1.54) is 10.9 Å². The van der Waals surface area contributed by atoms with Crippen molar-refractivity contribution >= 4 is 27.5 Å². The molecule has 0 bridgehead atoms. The molecule has 18 heavy (non-hydrogen) atoms. The van der Waals surface area contributed by atoms with E-state index in [-0.39, 0.29) is 24.1 Å². The number of aryl methyl sites for hydroxylation is 1. The zero-order valence-corrected chi connectivity index (χ0v) is 12.2. The monoisotopic (exact) mass is 316 g/mol. The van der Waals surface area contributed by atoms with Crippen LogP contribution in [0.4, 0.5) is 5.69 Å². The Hall–Kier alpha value is -1.37. The molecule has 0 atom stereocenters. The number of carbonyl (C=O) groups is 1. The molecular formula is C11H17BrN4O2. The van der Waals surface area contributed by atoms with Crippen LogP contribution in [0.2, 0.25) is 0 Å². The van der Waals surface area contributed by atoms with Crippen molar-refractivity contribution in [2.24, 2.45) is 0 Å². The second-order valence-corrected chi connectivity index (χ2v) is 4.86. The molecule has 0 spiro atoms. The van der Waals surface area contributed by atoms with Crippen LogP contribution in [-0.4, -0.2) is 28.3 Å². The number of rotatable bonds is 5. The van der Waals surface area contributed by atoms with E-state index in [4.69, 9.17) is 0 Å². The maximum absolute atomic E-state index is 11.8. The first-order chi connectivity index (χ1) is 8.45. The number of amides is 1. The van der Waals surface area contributed by atoms with E-state index < -0.39 is 0 Å². The summed E-state index contributed by atoms with van der Waals surface area (Å²) in [6.45, 7) is 6.22. The Labute approximate surface area is 114 Å². The minimum atomic E-state index is -0.216. The van der Waals surface area contributed by atoms with Crippen molar-refractivity contribution in [2.75, 3.05) is 11.9 Å². The van der Waals surface area contributed by atoms with Gasteiger partial charge in [-0.15, -0.1) is 0 Å². The summed E-state index contributed by atoms with van der Waals surface area (Å²) in [5, 5.41) is 9.60. The minimum absolute atomic E-state index is 0.0916. The molecule has 0 aliphatic rings. The summed E-state index contributed by atoms with van der Waals surface area (Å²) in [6.07, 6.45) is 1.53. The molecule has 100 valence electrons. The fourth-order valence-corrected chi connectivity index (χ4v) is 1.81. The summed E-state index contributed by atoms with van der Waals surface area (Å²) >= 11 is 3.21. The zero-order chi connectivity index (χ0) is 13.7. The molecule has 0 radical (unpaired) electrons. The van der Waals surface area contributed by atoms with Gasteiger partial charge in [-0.1, -0.05) is 0 Å². The lowest BCUT2D eigenvalue weighted by atomic mass is 10.4. The molecule has 0 saturated carbocycles. The van der Waals surface area contributed by atoms with Crippen molar-refractivity contribution in [1.29, 1.82) is 0 Å². The van der Waals surface area contributed by atoms with Crippen molar-refractivity contribution in [3.8, 4) is 0 Å².